The van der Waals surface area contributed by atoms with Crippen LogP contribution in [-0.4, -0.2) is 58.0 Å². The fraction of sp³-hybridized carbons (Fsp3) is 0.385. The number of phenols is 2. The second-order valence-electron chi connectivity index (χ2n) is 8.90. The molecular formula is C26H29N3O4. The van der Waals surface area contributed by atoms with E-state index in [2.05, 4.69) is 29.2 Å². The lowest BCUT2D eigenvalue weighted by molar-refractivity contribution is -0.138. The number of carbonyl (C=O) groups is 1. The predicted molar refractivity (Wildman–Crippen MR) is 125 cm³/mol. The largest absolute Gasteiger partial charge is 0.504 e. The molecule has 2 heterocycles. The molecule has 2 N–H and O–H groups in total. The van der Waals surface area contributed by atoms with E-state index in [0.29, 0.717) is 13.0 Å². The lowest BCUT2D eigenvalue weighted by Gasteiger charge is -2.37. The molecule has 2 unspecified atom stereocenters. The van der Waals surface area contributed by atoms with Gasteiger partial charge < -0.3 is 14.9 Å². The zero-order valence-electron chi connectivity index (χ0n) is 18.6. The van der Waals surface area contributed by atoms with Crippen molar-refractivity contribution in [2.75, 3.05) is 26.3 Å². The summed E-state index contributed by atoms with van der Waals surface area (Å²) in [5.41, 5.74) is 3.79. The van der Waals surface area contributed by atoms with E-state index in [9.17, 15) is 15.0 Å². The van der Waals surface area contributed by atoms with E-state index in [4.69, 9.17) is 9.84 Å². The number of allylic oxidation sites excluding steroid dienone is 2. The second-order valence-corrected chi connectivity index (χ2v) is 8.90. The van der Waals surface area contributed by atoms with Gasteiger partial charge in [0.05, 0.1) is 31.4 Å². The van der Waals surface area contributed by atoms with Crippen LogP contribution in [0, 0.1) is 11.8 Å². The zero-order valence-corrected chi connectivity index (χ0v) is 18.6. The first-order chi connectivity index (χ1) is 16.1. The van der Waals surface area contributed by atoms with Gasteiger partial charge in [0.1, 0.15) is 0 Å². The van der Waals surface area contributed by atoms with Crippen LogP contribution in [0.25, 0.3) is 0 Å². The third kappa shape index (κ3) is 4.51. The van der Waals surface area contributed by atoms with Crippen LogP contribution in [0.15, 0.2) is 59.7 Å². The predicted octanol–water partition coefficient (Wildman–Crippen LogP) is 3.26. The van der Waals surface area contributed by atoms with Crippen molar-refractivity contribution in [3.63, 3.8) is 0 Å². The second kappa shape index (κ2) is 9.37. The van der Waals surface area contributed by atoms with E-state index in [1.807, 2.05) is 12.1 Å². The maximum Gasteiger partial charge on any atom is 0.247 e. The SMILES string of the molecule is O=C1C2CC=CCC2C(c2ccc(O)c(O)c2)=NN1Cc1ccccc1CN1CCOCC1. The first kappa shape index (κ1) is 21.7. The van der Waals surface area contributed by atoms with Gasteiger partial charge in [0, 0.05) is 31.1 Å². The quantitative estimate of drug-likeness (QED) is 0.543. The highest BCUT2D eigenvalue weighted by Gasteiger charge is 2.40. The number of aromatic hydroxyl groups is 2. The fourth-order valence-electron chi connectivity index (χ4n) is 4.93. The Morgan fingerprint density at radius 3 is 2.33 bits per heavy atom. The average molecular weight is 448 g/mol. The monoisotopic (exact) mass is 447 g/mol. The number of amides is 1. The van der Waals surface area contributed by atoms with Gasteiger partial charge in [-0.2, -0.15) is 5.10 Å². The highest BCUT2D eigenvalue weighted by Crippen LogP contribution is 2.37. The minimum Gasteiger partial charge on any atom is -0.504 e. The molecule has 2 aromatic rings. The lowest BCUT2D eigenvalue weighted by Crippen LogP contribution is -2.45. The summed E-state index contributed by atoms with van der Waals surface area (Å²) in [5, 5.41) is 26.2. The number of benzene rings is 2. The van der Waals surface area contributed by atoms with Crippen LogP contribution in [0.3, 0.4) is 0 Å². The first-order valence-corrected chi connectivity index (χ1v) is 11.5. The van der Waals surface area contributed by atoms with E-state index in [0.717, 1.165) is 56.1 Å². The van der Waals surface area contributed by atoms with Crippen LogP contribution < -0.4 is 0 Å². The van der Waals surface area contributed by atoms with Crippen LogP contribution in [0.2, 0.25) is 0 Å². The van der Waals surface area contributed by atoms with Crippen LogP contribution in [0.5, 0.6) is 11.5 Å². The Morgan fingerprint density at radius 1 is 0.909 bits per heavy atom. The van der Waals surface area contributed by atoms with Gasteiger partial charge >= 0.3 is 0 Å². The molecule has 33 heavy (non-hydrogen) atoms. The number of morpholine rings is 1. The van der Waals surface area contributed by atoms with Crippen molar-refractivity contribution in [3.05, 3.63) is 71.3 Å². The molecule has 0 spiro atoms. The van der Waals surface area contributed by atoms with Crippen molar-refractivity contribution >= 4 is 11.6 Å². The molecule has 2 aliphatic heterocycles. The Balaban J connectivity index is 1.46. The number of carbonyl (C=O) groups excluding carboxylic acids is 1. The van der Waals surface area contributed by atoms with Crippen molar-refractivity contribution in [3.8, 4) is 11.5 Å². The van der Waals surface area contributed by atoms with Crippen LogP contribution >= 0.6 is 0 Å². The molecule has 2 atom stereocenters. The van der Waals surface area contributed by atoms with Gasteiger partial charge in [0.15, 0.2) is 11.5 Å². The molecule has 1 amide bonds. The van der Waals surface area contributed by atoms with Crippen molar-refractivity contribution in [2.45, 2.75) is 25.9 Å². The summed E-state index contributed by atoms with van der Waals surface area (Å²) in [6, 6.07) is 13.0. The molecule has 7 heteroatoms. The number of fused-ring (bicyclic) bond motifs is 1. The summed E-state index contributed by atoms with van der Waals surface area (Å²) in [4.78, 5) is 15.8. The summed E-state index contributed by atoms with van der Waals surface area (Å²) >= 11 is 0. The van der Waals surface area contributed by atoms with Crippen LogP contribution in [-0.2, 0) is 22.6 Å². The Morgan fingerprint density at radius 2 is 1.61 bits per heavy atom. The van der Waals surface area contributed by atoms with Crippen molar-refractivity contribution in [1.29, 1.82) is 0 Å². The summed E-state index contributed by atoms with van der Waals surface area (Å²) in [5.74, 6) is -0.522. The zero-order chi connectivity index (χ0) is 22.8. The Kier molecular flexibility index (Phi) is 6.15. The van der Waals surface area contributed by atoms with E-state index in [1.165, 1.54) is 17.7 Å². The highest BCUT2D eigenvalue weighted by atomic mass is 16.5. The smallest absolute Gasteiger partial charge is 0.247 e. The normalized spacial score (nSPS) is 23.3. The van der Waals surface area contributed by atoms with Crippen LogP contribution in [0.1, 0.15) is 29.5 Å². The maximum atomic E-state index is 13.4. The van der Waals surface area contributed by atoms with Gasteiger partial charge in [0.2, 0.25) is 5.91 Å². The van der Waals surface area contributed by atoms with Gasteiger partial charge in [-0.25, -0.2) is 5.01 Å². The number of hydrogen-bond acceptors (Lipinski definition) is 6. The molecule has 172 valence electrons. The van der Waals surface area contributed by atoms with E-state index in [1.54, 1.807) is 11.1 Å². The topological polar surface area (TPSA) is 85.6 Å². The van der Waals surface area contributed by atoms with Crippen LogP contribution in [0.4, 0.5) is 0 Å². The molecule has 0 radical (unpaired) electrons. The number of phenolic OH excluding ortho intramolecular Hbond substituents is 2. The maximum absolute atomic E-state index is 13.4. The Bertz CT molecular complexity index is 1090. The Labute approximate surface area is 193 Å². The summed E-state index contributed by atoms with van der Waals surface area (Å²) in [6.07, 6.45) is 5.58. The number of hydrogen-bond donors (Lipinski definition) is 2. The van der Waals surface area contributed by atoms with E-state index < -0.39 is 0 Å². The molecule has 7 nitrogen and oxygen atoms in total. The molecular weight excluding hydrogens is 418 g/mol. The number of rotatable bonds is 5. The minimum absolute atomic E-state index is 0.0358. The molecule has 0 saturated carbocycles. The highest BCUT2D eigenvalue weighted by molar-refractivity contribution is 6.07. The summed E-state index contributed by atoms with van der Waals surface area (Å²) in [6.45, 7) is 4.52. The van der Waals surface area contributed by atoms with E-state index in [-0.39, 0.29) is 29.2 Å². The van der Waals surface area contributed by atoms with Gasteiger partial charge in [0.25, 0.3) is 0 Å². The van der Waals surface area contributed by atoms with Crippen molar-refractivity contribution in [2.24, 2.45) is 16.9 Å². The number of nitrogens with zero attached hydrogens (tertiary/aromatic N) is 3. The first-order valence-electron chi connectivity index (χ1n) is 11.5. The molecule has 1 saturated heterocycles. The standard InChI is InChI=1S/C26H29N3O4/c30-23-10-9-18(15-24(23)31)25-21-7-3-4-8-22(21)26(32)29(27-25)17-20-6-2-1-5-19(20)16-28-11-13-33-14-12-28/h1-6,9-10,15,21-22,30-31H,7-8,11-14,16-17H2. The lowest BCUT2D eigenvalue weighted by atomic mass is 9.76. The fourth-order valence-corrected chi connectivity index (χ4v) is 4.93. The van der Waals surface area contributed by atoms with Gasteiger partial charge in [-0.1, -0.05) is 36.4 Å². The third-order valence-electron chi connectivity index (χ3n) is 6.79. The molecule has 3 aliphatic rings. The number of ether oxygens (including phenoxy) is 1. The molecule has 0 aromatic heterocycles. The van der Waals surface area contributed by atoms with Gasteiger partial charge in [-0.15, -0.1) is 0 Å². The van der Waals surface area contributed by atoms with Gasteiger partial charge in [-0.3, -0.25) is 9.69 Å². The minimum atomic E-state index is -0.183. The molecule has 5 rings (SSSR count). The van der Waals surface area contributed by atoms with E-state index >= 15 is 0 Å². The third-order valence-corrected chi connectivity index (χ3v) is 6.79. The summed E-state index contributed by atoms with van der Waals surface area (Å²) < 4.78 is 5.47. The molecule has 2 aromatic carbocycles. The van der Waals surface area contributed by atoms with Gasteiger partial charge in [-0.05, 0) is 42.2 Å². The Hall–Kier alpha value is -3.16. The molecule has 0 bridgehead atoms. The molecule has 1 fully saturated rings. The van der Waals surface area contributed by atoms with Crippen molar-refractivity contribution < 1.29 is 19.7 Å². The number of hydrazone groups is 1. The average Bonchev–Trinajstić information content (AvgIpc) is 2.84. The van der Waals surface area contributed by atoms with Crippen molar-refractivity contribution in [1.82, 2.24) is 9.91 Å². The summed E-state index contributed by atoms with van der Waals surface area (Å²) in [7, 11) is 0. The molecule has 1 aliphatic carbocycles.